The van der Waals surface area contributed by atoms with Crippen LogP contribution in [0.1, 0.15) is 58.4 Å². The van der Waals surface area contributed by atoms with Gasteiger partial charge in [-0.15, -0.1) is 0 Å². The van der Waals surface area contributed by atoms with Gasteiger partial charge in [0.25, 0.3) is 0 Å². The van der Waals surface area contributed by atoms with Gasteiger partial charge in [-0.05, 0) is 64.7 Å². The normalized spacial score (nSPS) is 18.0. The molecule has 1 aliphatic carbocycles. The van der Waals surface area contributed by atoms with Gasteiger partial charge >= 0.3 is 12.3 Å². The minimum atomic E-state index is -4.64. The fraction of sp³-hybridized carbons (Fsp3) is 0.652. The van der Waals surface area contributed by atoms with E-state index in [4.69, 9.17) is 4.74 Å². The Labute approximate surface area is 203 Å². The number of carbonyl (C=O) groups is 2. The highest BCUT2D eigenvalue weighted by Crippen LogP contribution is 2.38. The van der Waals surface area contributed by atoms with Crippen LogP contribution in [0.5, 0.6) is 0 Å². The lowest BCUT2D eigenvalue weighted by molar-refractivity contribution is -0.137. The number of amides is 2. The Morgan fingerprint density at radius 3 is 2.23 bits per heavy atom. The Hall–Kier alpha value is -2.34. The molecule has 2 aliphatic rings. The Morgan fingerprint density at radius 1 is 1.09 bits per heavy atom. The number of halogens is 3. The van der Waals surface area contributed by atoms with E-state index in [1.54, 1.807) is 25.7 Å². The number of hydrogen-bond acceptors (Lipinski definition) is 5. The first kappa shape index (κ1) is 27.3. The van der Waals surface area contributed by atoms with Crippen LogP contribution in [-0.2, 0) is 25.7 Å². The monoisotopic (exact) mass is 519 g/mol. The smallest absolute Gasteiger partial charge is 0.416 e. The van der Waals surface area contributed by atoms with Crippen LogP contribution >= 0.6 is 0 Å². The predicted molar refractivity (Wildman–Crippen MR) is 122 cm³/mol. The Morgan fingerprint density at radius 2 is 1.69 bits per heavy atom. The van der Waals surface area contributed by atoms with Crippen molar-refractivity contribution in [2.75, 3.05) is 19.6 Å². The maximum Gasteiger partial charge on any atom is 0.416 e. The summed E-state index contributed by atoms with van der Waals surface area (Å²) in [4.78, 5) is 25.5. The third-order valence-corrected chi connectivity index (χ3v) is 7.83. The van der Waals surface area contributed by atoms with E-state index in [2.05, 4.69) is 5.32 Å². The lowest BCUT2D eigenvalue weighted by Crippen LogP contribution is -2.49. The van der Waals surface area contributed by atoms with E-state index >= 15 is 0 Å². The Bertz CT molecular complexity index is 1030. The number of likely N-dealkylation sites (tertiary alicyclic amines) is 1. The number of ether oxygens (including phenoxy) is 1. The lowest BCUT2D eigenvalue weighted by Gasteiger charge is -2.38. The van der Waals surface area contributed by atoms with Crippen LogP contribution < -0.4 is 5.32 Å². The van der Waals surface area contributed by atoms with Gasteiger partial charge in [-0.2, -0.15) is 17.5 Å². The number of hydrogen-bond donors (Lipinski definition) is 1. The first-order valence-electron chi connectivity index (χ1n) is 11.6. The zero-order valence-corrected chi connectivity index (χ0v) is 20.9. The summed E-state index contributed by atoms with van der Waals surface area (Å²) in [6.45, 7) is 5.99. The second kappa shape index (κ2) is 10.3. The minimum Gasteiger partial charge on any atom is -0.444 e. The van der Waals surface area contributed by atoms with Crippen molar-refractivity contribution in [3.63, 3.8) is 0 Å². The molecular weight excluding hydrogens is 487 g/mol. The molecule has 0 bridgehead atoms. The quantitative estimate of drug-likeness (QED) is 0.592. The highest BCUT2D eigenvalue weighted by atomic mass is 32.2. The van der Waals surface area contributed by atoms with E-state index in [1.165, 1.54) is 10.4 Å². The second-order valence-electron chi connectivity index (χ2n) is 9.88. The summed E-state index contributed by atoms with van der Waals surface area (Å²) in [5.74, 6) is -0.168. The molecule has 12 heteroatoms. The molecule has 2 fully saturated rings. The maximum atomic E-state index is 13.3. The summed E-state index contributed by atoms with van der Waals surface area (Å²) < 4.78 is 72.6. The topological polar surface area (TPSA) is 96.0 Å². The van der Waals surface area contributed by atoms with Gasteiger partial charge in [0.1, 0.15) is 5.60 Å². The zero-order valence-electron chi connectivity index (χ0n) is 20.1. The van der Waals surface area contributed by atoms with Gasteiger partial charge in [-0.1, -0.05) is 6.07 Å². The number of piperidine rings is 1. The van der Waals surface area contributed by atoms with Crippen molar-refractivity contribution in [2.24, 2.45) is 0 Å². The van der Waals surface area contributed by atoms with Gasteiger partial charge in [0.05, 0.1) is 10.5 Å². The van der Waals surface area contributed by atoms with Crippen LogP contribution in [0.2, 0.25) is 0 Å². The number of rotatable bonds is 7. The second-order valence-corrected chi connectivity index (χ2v) is 11.7. The summed E-state index contributed by atoms with van der Waals surface area (Å²) in [5, 5.41) is 2.54. The zero-order chi connectivity index (χ0) is 26.0. The van der Waals surface area contributed by atoms with Gasteiger partial charge < -0.3 is 15.0 Å². The number of nitrogens with zero attached hydrogens (tertiary/aromatic N) is 2. The van der Waals surface area contributed by atoms with Crippen LogP contribution in [0.15, 0.2) is 29.2 Å². The van der Waals surface area contributed by atoms with Gasteiger partial charge in [0.2, 0.25) is 15.9 Å². The molecule has 1 aliphatic heterocycles. The molecular formula is C23H32F3N3O5S. The highest BCUT2D eigenvalue weighted by molar-refractivity contribution is 7.89. The number of benzene rings is 1. The summed E-state index contributed by atoms with van der Waals surface area (Å²) in [7, 11) is -4.13. The van der Waals surface area contributed by atoms with Crippen LogP contribution in [0, 0.1) is 0 Å². The third-order valence-electron chi connectivity index (χ3n) is 5.83. The van der Waals surface area contributed by atoms with Crippen molar-refractivity contribution in [2.45, 2.75) is 81.6 Å². The van der Waals surface area contributed by atoms with Crippen molar-refractivity contribution < 1.29 is 35.9 Å². The Balaban J connectivity index is 1.59. The summed E-state index contributed by atoms with van der Waals surface area (Å²) >= 11 is 0. The van der Waals surface area contributed by atoms with E-state index in [0.29, 0.717) is 44.8 Å². The lowest BCUT2D eigenvalue weighted by atomic mass is 10.0. The largest absolute Gasteiger partial charge is 0.444 e. The van der Waals surface area contributed by atoms with Gasteiger partial charge in [0, 0.05) is 38.1 Å². The molecule has 0 spiro atoms. The SMILES string of the molecule is CC(C)(C)OC(=O)NCCC(=O)N1CCC(N(C2CC2)S(=O)(=O)c2cccc(C(F)(F)F)c2)CC1. The van der Waals surface area contributed by atoms with E-state index in [-0.39, 0.29) is 29.8 Å². The van der Waals surface area contributed by atoms with Crippen molar-refractivity contribution in [1.29, 1.82) is 0 Å². The molecule has 1 saturated carbocycles. The Kier molecular flexibility index (Phi) is 8.05. The van der Waals surface area contributed by atoms with Crippen LogP contribution in [0.3, 0.4) is 0 Å². The molecule has 2 amide bonds. The molecule has 0 unspecified atom stereocenters. The van der Waals surface area contributed by atoms with Crippen molar-refractivity contribution in [3.8, 4) is 0 Å². The van der Waals surface area contributed by atoms with E-state index in [0.717, 1.165) is 12.1 Å². The standard InChI is InChI=1S/C23H32F3N3O5S/c1-22(2,3)34-21(31)27-12-9-20(30)28-13-10-18(11-14-28)29(17-7-8-17)35(32,33)19-6-4-5-16(15-19)23(24,25)26/h4-6,15,17-18H,7-14H2,1-3H3,(H,27,31). The number of sulfonamides is 1. The van der Waals surface area contributed by atoms with Crippen LogP contribution in [0.25, 0.3) is 0 Å². The van der Waals surface area contributed by atoms with Crippen molar-refractivity contribution in [1.82, 2.24) is 14.5 Å². The van der Waals surface area contributed by atoms with Crippen LogP contribution in [0.4, 0.5) is 18.0 Å². The molecule has 0 aromatic heterocycles. The minimum absolute atomic E-state index is 0.0821. The van der Waals surface area contributed by atoms with E-state index in [9.17, 15) is 31.2 Å². The van der Waals surface area contributed by atoms with Crippen molar-refractivity contribution >= 4 is 22.0 Å². The van der Waals surface area contributed by atoms with Gasteiger partial charge in [-0.25, -0.2) is 13.2 Å². The number of carbonyl (C=O) groups excluding carboxylic acids is 2. The number of nitrogens with one attached hydrogen (secondary N) is 1. The molecule has 3 rings (SSSR count). The molecule has 0 radical (unpaired) electrons. The summed E-state index contributed by atoms with van der Waals surface area (Å²) in [6, 6.07) is 3.19. The molecule has 35 heavy (non-hydrogen) atoms. The predicted octanol–water partition coefficient (Wildman–Crippen LogP) is 3.76. The third kappa shape index (κ3) is 7.33. The van der Waals surface area contributed by atoms with Crippen molar-refractivity contribution in [3.05, 3.63) is 29.8 Å². The van der Waals surface area contributed by atoms with E-state index in [1.807, 2.05) is 0 Å². The molecule has 1 aromatic carbocycles. The maximum absolute atomic E-state index is 13.3. The average molecular weight is 520 g/mol. The highest BCUT2D eigenvalue weighted by Gasteiger charge is 2.44. The molecule has 1 N–H and O–H groups in total. The first-order chi connectivity index (χ1) is 16.2. The molecule has 8 nitrogen and oxygen atoms in total. The molecule has 1 heterocycles. The fourth-order valence-electron chi connectivity index (χ4n) is 4.09. The average Bonchev–Trinajstić information content (AvgIpc) is 3.57. The summed E-state index contributed by atoms with van der Waals surface area (Å²) in [5.41, 5.74) is -1.65. The molecule has 0 atom stereocenters. The molecule has 196 valence electrons. The number of alkyl halides is 3. The van der Waals surface area contributed by atoms with Gasteiger partial charge in [0.15, 0.2) is 0 Å². The van der Waals surface area contributed by atoms with E-state index < -0.39 is 39.5 Å². The molecule has 1 aromatic rings. The molecule has 1 saturated heterocycles. The van der Waals surface area contributed by atoms with Gasteiger partial charge in [-0.3, -0.25) is 4.79 Å². The first-order valence-corrected chi connectivity index (χ1v) is 13.1. The number of alkyl carbamates (subject to hydrolysis) is 1. The summed E-state index contributed by atoms with van der Waals surface area (Å²) in [6.07, 6.45) is -3.07. The fourth-order valence-corrected chi connectivity index (χ4v) is 6.06. The van der Waals surface area contributed by atoms with Crippen LogP contribution in [-0.4, -0.2) is 66.9 Å².